The van der Waals surface area contributed by atoms with E-state index in [0.29, 0.717) is 0 Å². The lowest BCUT2D eigenvalue weighted by Gasteiger charge is -2.37. The van der Waals surface area contributed by atoms with Crippen molar-refractivity contribution in [2.75, 3.05) is 0 Å². The van der Waals surface area contributed by atoms with Crippen molar-refractivity contribution in [2.24, 2.45) is 29.6 Å². The van der Waals surface area contributed by atoms with E-state index in [2.05, 4.69) is 6.92 Å². The molecule has 3 aliphatic carbocycles. The van der Waals surface area contributed by atoms with Gasteiger partial charge in [0.05, 0.1) is 0 Å². The summed E-state index contributed by atoms with van der Waals surface area (Å²) in [4.78, 5) is 0. The Hall–Kier alpha value is 0. The lowest BCUT2D eigenvalue weighted by Crippen LogP contribution is -2.25. The van der Waals surface area contributed by atoms with Gasteiger partial charge in [-0.1, -0.05) is 58.3 Å². The predicted molar refractivity (Wildman–Crippen MR) is 78.5 cm³/mol. The van der Waals surface area contributed by atoms with Crippen LogP contribution in [0.25, 0.3) is 0 Å². The van der Waals surface area contributed by atoms with Crippen molar-refractivity contribution in [3.8, 4) is 0 Å². The zero-order valence-electron chi connectivity index (χ0n) is 12.4. The van der Waals surface area contributed by atoms with Gasteiger partial charge in [0.15, 0.2) is 0 Å². The molecule has 0 atom stereocenters. The number of hydrogen-bond donors (Lipinski definition) is 0. The van der Waals surface area contributed by atoms with E-state index >= 15 is 0 Å². The molecule has 0 bridgehead atoms. The normalized spacial score (nSPS) is 41.8. The maximum absolute atomic E-state index is 2.45. The van der Waals surface area contributed by atoms with Crippen LogP contribution in [0.1, 0.15) is 84.0 Å². The van der Waals surface area contributed by atoms with Crippen LogP contribution < -0.4 is 0 Å². The lowest BCUT2D eigenvalue weighted by atomic mass is 9.69. The Morgan fingerprint density at radius 2 is 0.944 bits per heavy atom. The summed E-state index contributed by atoms with van der Waals surface area (Å²) in [7, 11) is 0. The molecule has 0 aliphatic heterocycles. The second-order valence-electron chi connectivity index (χ2n) is 7.82. The van der Waals surface area contributed by atoms with E-state index in [9.17, 15) is 0 Å². The molecule has 0 amide bonds. The molecule has 3 aliphatic rings. The SMILES string of the molecule is CC1CCC(C2CCC(CCC3CC3)CC2)CC1. The van der Waals surface area contributed by atoms with Gasteiger partial charge in [-0.15, -0.1) is 0 Å². The average molecular weight is 248 g/mol. The molecule has 0 aromatic heterocycles. The Morgan fingerprint density at radius 3 is 1.39 bits per heavy atom. The maximum Gasteiger partial charge on any atom is -0.0386 e. The molecule has 0 heterocycles. The molecule has 0 saturated heterocycles. The topological polar surface area (TPSA) is 0 Å². The largest absolute Gasteiger partial charge is 0.0625 e. The van der Waals surface area contributed by atoms with Crippen molar-refractivity contribution in [1.82, 2.24) is 0 Å². The molecule has 0 aromatic rings. The van der Waals surface area contributed by atoms with Crippen LogP contribution in [0, 0.1) is 29.6 Å². The second kappa shape index (κ2) is 5.97. The second-order valence-corrected chi connectivity index (χ2v) is 7.82. The highest BCUT2D eigenvalue weighted by atomic mass is 14.4. The van der Waals surface area contributed by atoms with E-state index in [1.165, 1.54) is 12.8 Å². The van der Waals surface area contributed by atoms with E-state index in [0.717, 1.165) is 29.6 Å². The molecule has 0 aromatic carbocycles. The first kappa shape index (κ1) is 13.0. The summed E-state index contributed by atoms with van der Waals surface area (Å²) >= 11 is 0. The van der Waals surface area contributed by atoms with Gasteiger partial charge in [-0.2, -0.15) is 0 Å². The van der Waals surface area contributed by atoms with E-state index in [1.54, 1.807) is 64.2 Å². The van der Waals surface area contributed by atoms with Gasteiger partial charge >= 0.3 is 0 Å². The van der Waals surface area contributed by atoms with Crippen LogP contribution in [0.4, 0.5) is 0 Å². The standard InChI is InChI=1S/C18H32/c1-14-2-10-17(11-3-14)18-12-8-16(9-13-18)7-6-15-4-5-15/h14-18H,2-13H2,1H3. The third-order valence-electron chi connectivity index (χ3n) is 6.30. The van der Waals surface area contributed by atoms with Gasteiger partial charge < -0.3 is 0 Å². The van der Waals surface area contributed by atoms with E-state index in [1.807, 2.05) is 0 Å². The smallest absolute Gasteiger partial charge is 0.0386 e. The Labute approximate surface area is 114 Å². The molecular weight excluding hydrogens is 216 g/mol. The van der Waals surface area contributed by atoms with Gasteiger partial charge in [0.2, 0.25) is 0 Å². The van der Waals surface area contributed by atoms with Crippen LogP contribution in [0.3, 0.4) is 0 Å². The minimum Gasteiger partial charge on any atom is -0.0625 e. The van der Waals surface area contributed by atoms with E-state index < -0.39 is 0 Å². The Morgan fingerprint density at radius 1 is 0.556 bits per heavy atom. The van der Waals surface area contributed by atoms with Crippen molar-refractivity contribution in [2.45, 2.75) is 84.0 Å². The van der Waals surface area contributed by atoms with E-state index in [-0.39, 0.29) is 0 Å². The summed E-state index contributed by atoms with van der Waals surface area (Å²) in [5.74, 6) is 5.53. The van der Waals surface area contributed by atoms with Crippen LogP contribution in [-0.2, 0) is 0 Å². The molecule has 0 nitrogen and oxygen atoms in total. The molecule has 0 unspecified atom stereocenters. The molecular formula is C18H32. The molecule has 0 radical (unpaired) electrons. The monoisotopic (exact) mass is 248 g/mol. The van der Waals surface area contributed by atoms with E-state index in [4.69, 9.17) is 0 Å². The summed E-state index contributed by atoms with van der Waals surface area (Å²) in [5.41, 5.74) is 0. The Balaban J connectivity index is 1.36. The molecule has 0 heteroatoms. The molecule has 3 fully saturated rings. The van der Waals surface area contributed by atoms with Gasteiger partial charge in [0.1, 0.15) is 0 Å². The first-order valence-electron chi connectivity index (χ1n) is 8.81. The van der Waals surface area contributed by atoms with Crippen LogP contribution in [0.15, 0.2) is 0 Å². The minimum atomic E-state index is 1.02. The summed E-state index contributed by atoms with van der Waals surface area (Å²) in [6.07, 6.45) is 18.7. The fourth-order valence-corrected chi connectivity index (χ4v) is 4.58. The van der Waals surface area contributed by atoms with Crippen LogP contribution >= 0.6 is 0 Å². The average Bonchev–Trinajstić information content (AvgIpc) is 3.22. The Kier molecular flexibility index (Phi) is 4.31. The highest BCUT2D eigenvalue weighted by Crippen LogP contribution is 2.43. The number of rotatable bonds is 4. The first-order valence-corrected chi connectivity index (χ1v) is 8.81. The van der Waals surface area contributed by atoms with Crippen LogP contribution in [0.2, 0.25) is 0 Å². The van der Waals surface area contributed by atoms with Gasteiger partial charge in [-0.3, -0.25) is 0 Å². The first-order chi connectivity index (χ1) is 8.81. The van der Waals surface area contributed by atoms with Gasteiger partial charge in [-0.05, 0) is 55.3 Å². The van der Waals surface area contributed by atoms with Crippen molar-refractivity contribution < 1.29 is 0 Å². The molecule has 0 spiro atoms. The van der Waals surface area contributed by atoms with Crippen molar-refractivity contribution in [1.29, 1.82) is 0 Å². The molecule has 104 valence electrons. The van der Waals surface area contributed by atoms with Crippen LogP contribution in [0.5, 0.6) is 0 Å². The highest BCUT2D eigenvalue weighted by molar-refractivity contribution is 4.82. The zero-order chi connectivity index (χ0) is 12.4. The lowest BCUT2D eigenvalue weighted by molar-refractivity contribution is 0.146. The van der Waals surface area contributed by atoms with Gasteiger partial charge in [0, 0.05) is 0 Å². The molecule has 3 saturated carbocycles. The van der Waals surface area contributed by atoms with Crippen molar-refractivity contribution in [3.63, 3.8) is 0 Å². The fraction of sp³-hybridized carbons (Fsp3) is 1.00. The third-order valence-corrected chi connectivity index (χ3v) is 6.30. The summed E-state index contributed by atoms with van der Waals surface area (Å²) in [6, 6.07) is 0. The zero-order valence-corrected chi connectivity index (χ0v) is 12.4. The number of hydrogen-bond acceptors (Lipinski definition) is 0. The highest BCUT2D eigenvalue weighted by Gasteiger charge is 2.30. The maximum atomic E-state index is 2.45. The Bertz CT molecular complexity index is 237. The van der Waals surface area contributed by atoms with Crippen molar-refractivity contribution in [3.05, 3.63) is 0 Å². The summed E-state index contributed by atoms with van der Waals surface area (Å²) < 4.78 is 0. The third kappa shape index (κ3) is 3.52. The van der Waals surface area contributed by atoms with Crippen molar-refractivity contribution >= 4 is 0 Å². The summed E-state index contributed by atoms with van der Waals surface area (Å²) in [5, 5.41) is 0. The molecule has 3 rings (SSSR count). The fourth-order valence-electron chi connectivity index (χ4n) is 4.58. The quantitative estimate of drug-likeness (QED) is 0.589. The molecule has 18 heavy (non-hydrogen) atoms. The van der Waals surface area contributed by atoms with Gasteiger partial charge in [0.25, 0.3) is 0 Å². The predicted octanol–water partition coefficient (Wildman–Crippen LogP) is 5.81. The van der Waals surface area contributed by atoms with Gasteiger partial charge in [-0.25, -0.2) is 0 Å². The summed E-state index contributed by atoms with van der Waals surface area (Å²) in [6.45, 7) is 2.45. The van der Waals surface area contributed by atoms with Crippen LogP contribution in [-0.4, -0.2) is 0 Å². The molecule has 0 N–H and O–H groups in total. The minimum absolute atomic E-state index is 1.02.